The minimum Gasteiger partial charge on any atom is -0.469 e. The van der Waals surface area contributed by atoms with Gasteiger partial charge >= 0.3 is 5.97 Å². The smallest absolute Gasteiger partial charge is 0.306 e. The molecule has 0 fully saturated rings. The fourth-order valence-corrected chi connectivity index (χ4v) is 2.69. The van der Waals surface area contributed by atoms with Gasteiger partial charge in [0, 0.05) is 26.6 Å². The van der Waals surface area contributed by atoms with Gasteiger partial charge in [-0.3, -0.25) is 9.00 Å². The van der Waals surface area contributed by atoms with E-state index in [0.29, 0.717) is 5.02 Å². The molecule has 0 aliphatic carbocycles. The van der Waals surface area contributed by atoms with Crippen molar-refractivity contribution < 1.29 is 18.1 Å². The molecule has 1 rings (SSSR count). The topological polar surface area (TPSA) is 43.4 Å². The standard InChI is InChI=1S/C12H14ClFO3S/c1-8(5-12(15)17-2)18(16)7-9-6-10(13)3-4-11(9)14/h3-4,6,8H,5,7H2,1-2H3. The molecule has 0 saturated carbocycles. The van der Waals surface area contributed by atoms with Crippen LogP contribution in [0.25, 0.3) is 0 Å². The van der Waals surface area contributed by atoms with Crippen molar-refractivity contribution in [3.63, 3.8) is 0 Å². The van der Waals surface area contributed by atoms with E-state index in [1.54, 1.807) is 6.92 Å². The number of rotatable bonds is 5. The van der Waals surface area contributed by atoms with Crippen molar-refractivity contribution in [2.24, 2.45) is 0 Å². The third-order valence-corrected chi connectivity index (χ3v) is 4.33. The minimum atomic E-state index is -1.36. The molecule has 0 aliphatic rings. The van der Waals surface area contributed by atoms with E-state index in [4.69, 9.17) is 11.6 Å². The van der Waals surface area contributed by atoms with Crippen LogP contribution in [0.3, 0.4) is 0 Å². The van der Waals surface area contributed by atoms with Crippen LogP contribution in [0.4, 0.5) is 4.39 Å². The third kappa shape index (κ3) is 4.38. The second kappa shape index (κ2) is 6.85. The highest BCUT2D eigenvalue weighted by Gasteiger charge is 2.17. The molecule has 0 spiro atoms. The first-order chi connectivity index (χ1) is 8.43. The van der Waals surface area contributed by atoms with Crippen LogP contribution in [0.2, 0.25) is 5.02 Å². The van der Waals surface area contributed by atoms with Crippen LogP contribution in [0.15, 0.2) is 18.2 Å². The lowest BCUT2D eigenvalue weighted by molar-refractivity contribution is -0.140. The summed E-state index contributed by atoms with van der Waals surface area (Å²) in [6.07, 6.45) is 0.0469. The Kier molecular flexibility index (Phi) is 5.75. The van der Waals surface area contributed by atoms with Crippen molar-refractivity contribution in [3.8, 4) is 0 Å². The van der Waals surface area contributed by atoms with E-state index >= 15 is 0 Å². The molecule has 100 valence electrons. The maximum Gasteiger partial charge on any atom is 0.306 e. The van der Waals surface area contributed by atoms with Crippen LogP contribution in [-0.4, -0.2) is 22.5 Å². The highest BCUT2D eigenvalue weighted by molar-refractivity contribution is 7.84. The maximum absolute atomic E-state index is 13.4. The summed E-state index contributed by atoms with van der Waals surface area (Å²) in [5.41, 5.74) is 0.289. The van der Waals surface area contributed by atoms with Gasteiger partial charge in [0.05, 0.1) is 19.3 Å². The summed E-state index contributed by atoms with van der Waals surface area (Å²) in [7, 11) is -0.0835. The van der Waals surface area contributed by atoms with Gasteiger partial charge in [0.2, 0.25) is 0 Å². The molecule has 0 aliphatic heterocycles. The molecule has 2 atom stereocenters. The van der Waals surface area contributed by atoms with Crippen LogP contribution in [0.1, 0.15) is 18.9 Å². The first-order valence-corrected chi connectivity index (χ1v) is 7.08. The van der Waals surface area contributed by atoms with Gasteiger partial charge in [-0.05, 0) is 18.2 Å². The van der Waals surface area contributed by atoms with Gasteiger partial charge in [-0.25, -0.2) is 4.39 Å². The molecule has 0 amide bonds. The number of esters is 1. The average Bonchev–Trinajstić information content (AvgIpc) is 2.33. The molecule has 0 saturated heterocycles. The SMILES string of the molecule is COC(=O)CC(C)S(=O)Cc1cc(Cl)ccc1F. The van der Waals surface area contributed by atoms with E-state index in [2.05, 4.69) is 4.74 Å². The van der Waals surface area contributed by atoms with Crippen molar-refractivity contribution in [2.45, 2.75) is 24.3 Å². The van der Waals surface area contributed by atoms with Crippen molar-refractivity contribution >= 4 is 28.4 Å². The summed E-state index contributed by atoms with van der Waals surface area (Å²) in [6, 6.07) is 4.11. The molecule has 1 aromatic rings. The van der Waals surface area contributed by atoms with Crippen LogP contribution in [0, 0.1) is 5.82 Å². The highest BCUT2D eigenvalue weighted by Crippen LogP contribution is 2.18. The molecule has 0 N–H and O–H groups in total. The van der Waals surface area contributed by atoms with Crippen molar-refractivity contribution in [1.29, 1.82) is 0 Å². The molecule has 18 heavy (non-hydrogen) atoms. The number of benzene rings is 1. The van der Waals surface area contributed by atoms with E-state index in [1.807, 2.05) is 0 Å². The van der Waals surface area contributed by atoms with Crippen molar-refractivity contribution in [1.82, 2.24) is 0 Å². The third-order valence-electron chi connectivity index (χ3n) is 2.44. The van der Waals surface area contributed by atoms with Gasteiger partial charge in [-0.15, -0.1) is 0 Å². The van der Waals surface area contributed by atoms with Crippen LogP contribution in [-0.2, 0) is 26.1 Å². The minimum absolute atomic E-state index is 0.0323. The van der Waals surface area contributed by atoms with E-state index in [9.17, 15) is 13.4 Å². The van der Waals surface area contributed by atoms with Crippen LogP contribution in [0.5, 0.6) is 0 Å². The van der Waals surface area contributed by atoms with Gasteiger partial charge in [-0.2, -0.15) is 0 Å². The fourth-order valence-electron chi connectivity index (χ4n) is 1.36. The normalized spacial score (nSPS) is 14.0. The van der Waals surface area contributed by atoms with Gasteiger partial charge in [-0.1, -0.05) is 18.5 Å². The van der Waals surface area contributed by atoms with Crippen LogP contribution < -0.4 is 0 Å². The molecule has 2 unspecified atom stereocenters. The lowest BCUT2D eigenvalue weighted by Gasteiger charge is -2.10. The van der Waals surface area contributed by atoms with Gasteiger partial charge in [0.1, 0.15) is 5.82 Å². The van der Waals surface area contributed by atoms with Crippen molar-refractivity contribution in [3.05, 3.63) is 34.6 Å². The number of hydrogen-bond donors (Lipinski definition) is 0. The number of methoxy groups -OCH3 is 1. The Hall–Kier alpha value is -0.940. The number of carbonyl (C=O) groups is 1. The zero-order valence-corrected chi connectivity index (χ0v) is 11.7. The molecule has 0 bridgehead atoms. The molecule has 1 aromatic carbocycles. The van der Waals surface area contributed by atoms with E-state index in [0.717, 1.165) is 0 Å². The van der Waals surface area contributed by atoms with E-state index < -0.39 is 27.8 Å². The first kappa shape index (κ1) is 15.1. The Morgan fingerprint density at radius 2 is 2.22 bits per heavy atom. The zero-order valence-electron chi connectivity index (χ0n) is 10.1. The van der Waals surface area contributed by atoms with Crippen molar-refractivity contribution in [2.75, 3.05) is 7.11 Å². The summed E-state index contributed by atoms with van der Waals surface area (Å²) in [5.74, 6) is -0.842. The Bertz CT molecular complexity index is 465. The maximum atomic E-state index is 13.4. The summed E-state index contributed by atoms with van der Waals surface area (Å²) in [6.45, 7) is 1.66. The van der Waals surface area contributed by atoms with Gasteiger partial charge in [0.25, 0.3) is 0 Å². The molecular formula is C12H14ClFO3S. The molecule has 6 heteroatoms. The summed E-state index contributed by atoms with van der Waals surface area (Å²) < 4.78 is 29.9. The average molecular weight is 293 g/mol. The monoisotopic (exact) mass is 292 g/mol. The Labute approximate surface area is 113 Å². The molecular weight excluding hydrogens is 279 g/mol. The summed E-state index contributed by atoms with van der Waals surface area (Å²) in [4.78, 5) is 11.0. The Morgan fingerprint density at radius 1 is 1.56 bits per heavy atom. The second-order valence-corrected chi connectivity index (χ2v) is 6.14. The van der Waals surface area contributed by atoms with Crippen LogP contribution >= 0.6 is 11.6 Å². The Morgan fingerprint density at radius 3 is 2.83 bits per heavy atom. The zero-order chi connectivity index (χ0) is 13.7. The fraction of sp³-hybridized carbons (Fsp3) is 0.417. The highest BCUT2D eigenvalue weighted by atomic mass is 35.5. The molecule has 0 heterocycles. The lowest BCUT2D eigenvalue weighted by atomic mass is 10.2. The number of ether oxygens (including phenoxy) is 1. The number of hydrogen-bond acceptors (Lipinski definition) is 3. The predicted octanol–water partition coefficient (Wildman–Crippen LogP) is 2.68. The quantitative estimate of drug-likeness (QED) is 0.784. The number of carbonyl (C=O) groups excluding carboxylic acids is 1. The molecule has 0 aromatic heterocycles. The summed E-state index contributed by atoms with van der Waals surface area (Å²) in [5, 5.41) is -0.000136. The lowest BCUT2D eigenvalue weighted by Crippen LogP contribution is -2.18. The van der Waals surface area contributed by atoms with E-state index in [-0.39, 0.29) is 17.7 Å². The Balaban J connectivity index is 2.69. The van der Waals surface area contributed by atoms with Gasteiger partial charge in [0.15, 0.2) is 0 Å². The first-order valence-electron chi connectivity index (χ1n) is 5.32. The predicted molar refractivity (Wildman–Crippen MR) is 69.4 cm³/mol. The second-order valence-electron chi connectivity index (χ2n) is 3.85. The molecule has 3 nitrogen and oxygen atoms in total. The summed E-state index contributed by atoms with van der Waals surface area (Å²) >= 11 is 5.75. The largest absolute Gasteiger partial charge is 0.469 e. The molecule has 0 radical (unpaired) electrons. The number of halogens is 2. The van der Waals surface area contributed by atoms with E-state index in [1.165, 1.54) is 25.3 Å². The van der Waals surface area contributed by atoms with Gasteiger partial charge < -0.3 is 4.74 Å².